The van der Waals surface area contributed by atoms with Gasteiger partial charge in [-0.1, -0.05) is 23.5 Å². The Kier molecular flexibility index (Phi) is 3.82. The lowest BCUT2D eigenvalue weighted by molar-refractivity contribution is -0.115. The summed E-state index contributed by atoms with van der Waals surface area (Å²) >= 11 is 1.05. The zero-order chi connectivity index (χ0) is 16.4. The second-order valence-corrected chi connectivity index (χ2v) is 5.69. The van der Waals surface area contributed by atoms with Crippen molar-refractivity contribution in [3.8, 4) is 6.07 Å². The summed E-state index contributed by atoms with van der Waals surface area (Å²) in [4.78, 5) is 36.9. The molecule has 3 amide bonds. The van der Waals surface area contributed by atoms with Crippen LogP contribution >= 0.6 is 11.3 Å². The van der Waals surface area contributed by atoms with Crippen LogP contribution in [0.25, 0.3) is 0 Å². The maximum absolute atomic E-state index is 12.2. The normalized spacial score (nSPS) is 12.9. The van der Waals surface area contributed by atoms with Gasteiger partial charge in [-0.25, -0.2) is 0 Å². The van der Waals surface area contributed by atoms with Gasteiger partial charge in [0.2, 0.25) is 11.0 Å². The van der Waals surface area contributed by atoms with Crippen LogP contribution in [0, 0.1) is 11.3 Å². The van der Waals surface area contributed by atoms with E-state index >= 15 is 0 Å². The number of fused-ring (bicyclic) bond motifs is 1. The predicted molar refractivity (Wildman–Crippen MR) is 79.4 cm³/mol. The first-order valence-corrected chi connectivity index (χ1v) is 7.36. The number of rotatable bonds is 4. The van der Waals surface area contributed by atoms with Crippen molar-refractivity contribution in [3.05, 3.63) is 40.4 Å². The number of imide groups is 1. The largest absolute Gasteiger partial charge is 0.300 e. The highest BCUT2D eigenvalue weighted by molar-refractivity contribution is 7.15. The van der Waals surface area contributed by atoms with Crippen molar-refractivity contribution in [1.82, 2.24) is 15.1 Å². The molecular formula is C14H9N5O3S. The van der Waals surface area contributed by atoms with Crippen molar-refractivity contribution in [2.75, 3.05) is 5.32 Å². The SMILES string of the molecule is N#CCC(=O)Nc1nnc(CN2C(=O)c3ccccc3C2=O)s1. The predicted octanol–water partition coefficient (Wildman–Crippen LogP) is 1.19. The van der Waals surface area contributed by atoms with E-state index in [2.05, 4.69) is 15.5 Å². The molecular weight excluding hydrogens is 318 g/mol. The molecule has 1 aliphatic heterocycles. The molecule has 0 atom stereocenters. The Labute approximate surface area is 134 Å². The van der Waals surface area contributed by atoms with Crippen LogP contribution in [0.3, 0.4) is 0 Å². The minimum atomic E-state index is -0.490. The Hall–Kier alpha value is -3.12. The molecule has 1 aromatic carbocycles. The van der Waals surface area contributed by atoms with Gasteiger partial charge in [-0.05, 0) is 12.1 Å². The van der Waals surface area contributed by atoms with Crippen LogP contribution in [-0.2, 0) is 11.3 Å². The molecule has 0 fully saturated rings. The highest BCUT2D eigenvalue weighted by Gasteiger charge is 2.35. The van der Waals surface area contributed by atoms with Crippen molar-refractivity contribution >= 4 is 34.2 Å². The number of aromatic nitrogens is 2. The van der Waals surface area contributed by atoms with Crippen LogP contribution in [-0.4, -0.2) is 32.8 Å². The van der Waals surface area contributed by atoms with Crippen LogP contribution in [0.1, 0.15) is 32.1 Å². The highest BCUT2D eigenvalue weighted by Crippen LogP contribution is 2.25. The summed E-state index contributed by atoms with van der Waals surface area (Å²) in [6.45, 7) is -0.0157. The fourth-order valence-corrected chi connectivity index (χ4v) is 2.87. The molecule has 0 saturated carbocycles. The fourth-order valence-electron chi connectivity index (χ4n) is 2.12. The quantitative estimate of drug-likeness (QED) is 0.843. The monoisotopic (exact) mass is 327 g/mol. The Morgan fingerprint density at radius 2 is 1.87 bits per heavy atom. The van der Waals surface area contributed by atoms with E-state index < -0.39 is 5.91 Å². The van der Waals surface area contributed by atoms with E-state index in [1.807, 2.05) is 0 Å². The molecule has 2 aromatic rings. The van der Waals surface area contributed by atoms with E-state index in [0.29, 0.717) is 16.1 Å². The summed E-state index contributed by atoms with van der Waals surface area (Å²) in [7, 11) is 0. The zero-order valence-corrected chi connectivity index (χ0v) is 12.5. The molecule has 9 heteroatoms. The lowest BCUT2D eigenvalue weighted by atomic mass is 10.1. The summed E-state index contributed by atoms with van der Waals surface area (Å²) in [5.41, 5.74) is 0.731. The molecule has 0 aliphatic carbocycles. The van der Waals surface area contributed by atoms with Gasteiger partial charge in [0.1, 0.15) is 11.4 Å². The zero-order valence-electron chi connectivity index (χ0n) is 11.6. The lowest BCUT2D eigenvalue weighted by Crippen LogP contribution is -2.29. The Bertz CT molecular complexity index is 819. The smallest absolute Gasteiger partial charge is 0.261 e. The van der Waals surface area contributed by atoms with E-state index in [4.69, 9.17) is 5.26 Å². The van der Waals surface area contributed by atoms with Crippen molar-refractivity contribution in [1.29, 1.82) is 5.26 Å². The van der Waals surface area contributed by atoms with Gasteiger partial charge in [-0.3, -0.25) is 24.6 Å². The number of nitriles is 1. The van der Waals surface area contributed by atoms with Gasteiger partial charge in [0.15, 0.2) is 0 Å². The Balaban J connectivity index is 1.73. The third kappa shape index (κ3) is 2.79. The first-order valence-electron chi connectivity index (χ1n) is 6.54. The van der Waals surface area contributed by atoms with E-state index in [1.165, 1.54) is 0 Å². The molecule has 23 heavy (non-hydrogen) atoms. The minimum absolute atomic E-state index is 0.0157. The van der Waals surface area contributed by atoms with Gasteiger partial charge in [0, 0.05) is 0 Å². The maximum atomic E-state index is 12.2. The summed E-state index contributed by atoms with van der Waals surface area (Å²) in [6.07, 6.45) is -0.284. The van der Waals surface area contributed by atoms with Crippen molar-refractivity contribution in [3.63, 3.8) is 0 Å². The molecule has 0 bridgehead atoms. The van der Waals surface area contributed by atoms with Gasteiger partial charge in [-0.15, -0.1) is 10.2 Å². The number of benzene rings is 1. The number of nitrogens with one attached hydrogen (secondary N) is 1. The molecule has 0 saturated heterocycles. The van der Waals surface area contributed by atoms with E-state index in [1.54, 1.807) is 30.3 Å². The van der Waals surface area contributed by atoms with E-state index in [-0.39, 0.29) is 29.9 Å². The molecule has 0 unspecified atom stereocenters. The average molecular weight is 327 g/mol. The topological polar surface area (TPSA) is 116 Å². The maximum Gasteiger partial charge on any atom is 0.261 e. The number of carbonyl (C=O) groups excluding carboxylic acids is 3. The van der Waals surface area contributed by atoms with Gasteiger partial charge in [-0.2, -0.15) is 5.26 Å². The summed E-state index contributed by atoms with van der Waals surface area (Å²) in [5, 5.41) is 19.1. The summed E-state index contributed by atoms with van der Waals surface area (Å²) in [5.74, 6) is -1.25. The number of nitrogens with zero attached hydrogens (tertiary/aromatic N) is 4. The molecule has 1 aromatic heterocycles. The van der Waals surface area contributed by atoms with Crippen molar-refractivity contribution in [2.45, 2.75) is 13.0 Å². The third-order valence-corrected chi connectivity index (χ3v) is 3.95. The molecule has 2 heterocycles. The van der Waals surface area contributed by atoms with Gasteiger partial charge >= 0.3 is 0 Å². The molecule has 114 valence electrons. The Morgan fingerprint density at radius 1 is 1.22 bits per heavy atom. The van der Waals surface area contributed by atoms with Crippen molar-refractivity contribution in [2.24, 2.45) is 0 Å². The summed E-state index contributed by atoms with van der Waals surface area (Å²) < 4.78 is 0. The molecule has 3 rings (SSSR count). The second-order valence-electron chi connectivity index (χ2n) is 4.63. The number of hydrogen-bond donors (Lipinski definition) is 1. The molecule has 1 N–H and O–H groups in total. The standard InChI is InChI=1S/C14H9N5O3S/c15-6-5-10(20)16-14-18-17-11(23-14)7-19-12(21)8-3-1-2-4-9(8)13(19)22/h1-4H,5,7H2,(H,16,18,20). The van der Waals surface area contributed by atoms with Crippen LogP contribution < -0.4 is 5.32 Å². The van der Waals surface area contributed by atoms with Crippen LogP contribution in [0.2, 0.25) is 0 Å². The summed E-state index contributed by atoms with van der Waals surface area (Å²) in [6, 6.07) is 8.31. The lowest BCUT2D eigenvalue weighted by Gasteiger charge is -2.10. The van der Waals surface area contributed by atoms with Crippen LogP contribution in [0.5, 0.6) is 0 Å². The van der Waals surface area contributed by atoms with Gasteiger partial charge in [0.05, 0.1) is 23.7 Å². The van der Waals surface area contributed by atoms with E-state index in [0.717, 1.165) is 16.2 Å². The van der Waals surface area contributed by atoms with Gasteiger partial charge in [0.25, 0.3) is 11.8 Å². The average Bonchev–Trinajstić information content (AvgIpc) is 3.07. The van der Waals surface area contributed by atoms with Gasteiger partial charge < -0.3 is 0 Å². The molecule has 0 spiro atoms. The Morgan fingerprint density at radius 3 is 2.48 bits per heavy atom. The first kappa shape index (κ1) is 14.8. The highest BCUT2D eigenvalue weighted by atomic mass is 32.1. The van der Waals surface area contributed by atoms with Crippen molar-refractivity contribution < 1.29 is 14.4 Å². The first-order chi connectivity index (χ1) is 11.1. The molecule has 8 nitrogen and oxygen atoms in total. The number of anilines is 1. The number of carbonyl (C=O) groups is 3. The van der Waals surface area contributed by atoms with Crippen LogP contribution in [0.15, 0.2) is 24.3 Å². The third-order valence-electron chi connectivity index (χ3n) is 3.12. The van der Waals surface area contributed by atoms with Crippen LogP contribution in [0.4, 0.5) is 5.13 Å². The minimum Gasteiger partial charge on any atom is -0.300 e. The molecule has 0 radical (unpaired) electrons. The number of hydrogen-bond acceptors (Lipinski definition) is 7. The van der Waals surface area contributed by atoms with E-state index in [9.17, 15) is 14.4 Å². The second kappa shape index (κ2) is 5.94. The molecule has 1 aliphatic rings. The fraction of sp³-hybridized carbons (Fsp3) is 0.143. The number of amides is 3.